The van der Waals surface area contributed by atoms with E-state index in [1.165, 1.54) is 29.0 Å². The topological polar surface area (TPSA) is 94.0 Å². The van der Waals surface area contributed by atoms with Gasteiger partial charge in [-0.2, -0.15) is 0 Å². The highest BCUT2D eigenvalue weighted by Crippen LogP contribution is 2.13. The largest absolute Gasteiger partial charge is 0.436 e. The zero-order chi connectivity index (χ0) is 9.97. The Morgan fingerprint density at radius 2 is 2.43 bits per heavy atom. The summed E-state index contributed by atoms with van der Waals surface area (Å²) in [5, 5.41) is 10.2. The van der Waals surface area contributed by atoms with Crippen molar-refractivity contribution < 1.29 is 9.21 Å². The zero-order valence-corrected chi connectivity index (χ0v) is 7.75. The third-order valence-electron chi connectivity index (χ3n) is 1.43. The standard InChI is InChI=1S/C7H6N4O2S/c8-5-2-1-4(13-5)6(12)10-7-11-9-3-14-7/h1-3H,8H2,(H,10,11,12). The lowest BCUT2D eigenvalue weighted by molar-refractivity contribution is 0.0997. The van der Waals surface area contributed by atoms with Crippen LogP contribution < -0.4 is 11.1 Å². The highest BCUT2D eigenvalue weighted by Gasteiger charge is 2.11. The number of nitrogens with one attached hydrogen (secondary N) is 1. The van der Waals surface area contributed by atoms with E-state index < -0.39 is 5.91 Å². The predicted molar refractivity (Wildman–Crippen MR) is 51.0 cm³/mol. The van der Waals surface area contributed by atoms with Gasteiger partial charge in [0.1, 0.15) is 5.51 Å². The van der Waals surface area contributed by atoms with Crippen LogP contribution in [0.1, 0.15) is 10.6 Å². The van der Waals surface area contributed by atoms with Gasteiger partial charge in [-0.15, -0.1) is 10.2 Å². The van der Waals surface area contributed by atoms with E-state index in [1.54, 1.807) is 0 Å². The van der Waals surface area contributed by atoms with Crippen LogP contribution in [0.15, 0.2) is 22.1 Å². The van der Waals surface area contributed by atoms with Crippen LogP contribution in [0.5, 0.6) is 0 Å². The first-order chi connectivity index (χ1) is 6.75. The summed E-state index contributed by atoms with van der Waals surface area (Å²) in [6.45, 7) is 0. The van der Waals surface area contributed by atoms with Crippen LogP contribution in [0.4, 0.5) is 11.0 Å². The number of aromatic nitrogens is 2. The quantitative estimate of drug-likeness (QED) is 0.770. The second-order valence-electron chi connectivity index (χ2n) is 2.40. The van der Waals surface area contributed by atoms with Crippen LogP contribution in [0.3, 0.4) is 0 Å². The molecule has 3 N–H and O–H groups in total. The summed E-state index contributed by atoms with van der Waals surface area (Å²) in [7, 11) is 0. The second-order valence-corrected chi connectivity index (χ2v) is 3.23. The number of nitrogen functional groups attached to an aromatic ring is 1. The molecule has 2 rings (SSSR count). The normalized spacial score (nSPS) is 10.0. The van der Waals surface area contributed by atoms with Crippen LogP contribution in [0.2, 0.25) is 0 Å². The number of furan rings is 1. The van der Waals surface area contributed by atoms with E-state index >= 15 is 0 Å². The molecule has 0 unspecified atom stereocenters. The van der Waals surface area contributed by atoms with Gasteiger partial charge in [0, 0.05) is 6.07 Å². The number of carbonyl (C=O) groups excluding carboxylic acids is 1. The summed E-state index contributed by atoms with van der Waals surface area (Å²) in [6, 6.07) is 3.00. The van der Waals surface area contributed by atoms with Crippen LogP contribution >= 0.6 is 11.3 Å². The Labute approximate surface area is 82.7 Å². The van der Waals surface area contributed by atoms with Gasteiger partial charge in [0.15, 0.2) is 11.6 Å². The Morgan fingerprint density at radius 3 is 3.00 bits per heavy atom. The molecule has 0 aliphatic rings. The molecule has 0 aliphatic heterocycles. The van der Waals surface area contributed by atoms with Crippen LogP contribution in [-0.4, -0.2) is 16.1 Å². The minimum Gasteiger partial charge on any atom is -0.436 e. The summed E-state index contributed by atoms with van der Waals surface area (Å²) in [5.74, 6) is -0.0384. The molecule has 1 amide bonds. The molecule has 0 aromatic carbocycles. The number of hydrogen-bond donors (Lipinski definition) is 2. The second kappa shape index (κ2) is 3.46. The molecule has 2 aromatic heterocycles. The molecule has 72 valence electrons. The minimum absolute atomic E-state index is 0.151. The fraction of sp³-hybridized carbons (Fsp3) is 0. The maximum atomic E-state index is 11.4. The average molecular weight is 210 g/mol. The van der Waals surface area contributed by atoms with Gasteiger partial charge in [-0.25, -0.2) is 0 Å². The number of nitrogens with two attached hydrogens (primary N) is 1. The monoisotopic (exact) mass is 210 g/mol. The van der Waals surface area contributed by atoms with E-state index in [4.69, 9.17) is 10.2 Å². The Balaban J connectivity index is 2.10. The van der Waals surface area contributed by atoms with Crippen LogP contribution in [0, 0.1) is 0 Å². The van der Waals surface area contributed by atoms with Gasteiger partial charge in [-0.1, -0.05) is 11.3 Å². The summed E-state index contributed by atoms with van der Waals surface area (Å²) in [4.78, 5) is 11.4. The highest BCUT2D eigenvalue weighted by molar-refractivity contribution is 7.13. The number of rotatable bonds is 2. The van der Waals surface area contributed by atoms with Gasteiger partial charge in [-0.05, 0) is 6.07 Å². The molecule has 0 fully saturated rings. The maximum absolute atomic E-state index is 11.4. The Morgan fingerprint density at radius 1 is 1.57 bits per heavy atom. The van der Waals surface area contributed by atoms with Crippen molar-refractivity contribution in [1.29, 1.82) is 0 Å². The molecule has 0 saturated carbocycles. The van der Waals surface area contributed by atoms with Crippen molar-refractivity contribution >= 4 is 28.3 Å². The van der Waals surface area contributed by atoms with Crippen LogP contribution in [-0.2, 0) is 0 Å². The summed E-state index contributed by atoms with van der Waals surface area (Å²) in [5.41, 5.74) is 6.84. The van der Waals surface area contributed by atoms with Crippen molar-refractivity contribution in [3.05, 3.63) is 23.4 Å². The van der Waals surface area contributed by atoms with E-state index in [2.05, 4.69) is 15.5 Å². The number of nitrogens with zero attached hydrogens (tertiary/aromatic N) is 2. The summed E-state index contributed by atoms with van der Waals surface area (Å²) >= 11 is 1.23. The Bertz CT molecular complexity index is 436. The van der Waals surface area contributed by atoms with Gasteiger partial charge < -0.3 is 10.2 Å². The molecule has 0 bridgehead atoms. The zero-order valence-electron chi connectivity index (χ0n) is 6.93. The molecular formula is C7H6N4O2S. The fourth-order valence-corrected chi connectivity index (χ4v) is 1.30. The van der Waals surface area contributed by atoms with Gasteiger partial charge in [-0.3, -0.25) is 10.1 Å². The van der Waals surface area contributed by atoms with Crippen molar-refractivity contribution in [2.75, 3.05) is 11.1 Å². The average Bonchev–Trinajstić information content (AvgIpc) is 2.75. The van der Waals surface area contributed by atoms with Gasteiger partial charge >= 0.3 is 0 Å². The number of carbonyl (C=O) groups is 1. The number of amides is 1. The first-order valence-electron chi connectivity index (χ1n) is 3.68. The lowest BCUT2D eigenvalue weighted by Crippen LogP contribution is -2.10. The molecular weight excluding hydrogens is 204 g/mol. The van der Waals surface area contributed by atoms with Gasteiger partial charge in [0.25, 0.3) is 5.91 Å². The van der Waals surface area contributed by atoms with Crippen molar-refractivity contribution in [1.82, 2.24) is 10.2 Å². The highest BCUT2D eigenvalue weighted by atomic mass is 32.1. The molecule has 14 heavy (non-hydrogen) atoms. The van der Waals surface area contributed by atoms with E-state index in [-0.39, 0.29) is 11.6 Å². The molecule has 2 aromatic rings. The first kappa shape index (κ1) is 8.70. The van der Waals surface area contributed by atoms with Crippen molar-refractivity contribution in [2.24, 2.45) is 0 Å². The van der Waals surface area contributed by atoms with Gasteiger partial charge in [0.05, 0.1) is 0 Å². The van der Waals surface area contributed by atoms with Crippen molar-refractivity contribution in [3.63, 3.8) is 0 Å². The summed E-state index contributed by atoms with van der Waals surface area (Å²) < 4.78 is 4.92. The van der Waals surface area contributed by atoms with E-state index in [1.807, 2.05) is 0 Å². The Kier molecular flexibility index (Phi) is 2.15. The lowest BCUT2D eigenvalue weighted by atomic mass is 10.4. The SMILES string of the molecule is Nc1ccc(C(=O)Nc2nncs2)o1. The molecule has 0 aliphatic carbocycles. The Hall–Kier alpha value is -1.89. The van der Waals surface area contributed by atoms with Crippen LogP contribution in [0.25, 0.3) is 0 Å². The molecule has 7 heteroatoms. The maximum Gasteiger partial charge on any atom is 0.293 e. The predicted octanol–water partition coefficient (Wildman–Crippen LogP) is 0.966. The van der Waals surface area contributed by atoms with E-state index in [9.17, 15) is 4.79 Å². The first-order valence-corrected chi connectivity index (χ1v) is 4.56. The minimum atomic E-state index is -0.390. The molecule has 0 atom stereocenters. The summed E-state index contributed by atoms with van der Waals surface area (Å²) in [6.07, 6.45) is 0. The molecule has 0 spiro atoms. The third-order valence-corrected chi connectivity index (χ3v) is 2.04. The number of anilines is 2. The van der Waals surface area contributed by atoms with E-state index in [0.29, 0.717) is 5.13 Å². The third kappa shape index (κ3) is 1.72. The van der Waals surface area contributed by atoms with Crippen molar-refractivity contribution in [3.8, 4) is 0 Å². The van der Waals surface area contributed by atoms with Gasteiger partial charge in [0.2, 0.25) is 5.13 Å². The lowest BCUT2D eigenvalue weighted by Gasteiger charge is -1.95. The molecule has 0 radical (unpaired) electrons. The molecule has 0 saturated heterocycles. The fourth-order valence-electron chi connectivity index (χ4n) is 0.861. The van der Waals surface area contributed by atoms with E-state index in [0.717, 1.165) is 0 Å². The van der Waals surface area contributed by atoms with Crippen molar-refractivity contribution in [2.45, 2.75) is 0 Å². The number of hydrogen-bond acceptors (Lipinski definition) is 6. The molecule has 2 heterocycles. The molecule has 6 nitrogen and oxygen atoms in total. The smallest absolute Gasteiger partial charge is 0.293 e.